The van der Waals surface area contributed by atoms with Crippen LogP contribution in [0.25, 0.3) is 0 Å². The Bertz CT molecular complexity index is 121. The fourth-order valence-corrected chi connectivity index (χ4v) is 1.05. The molecule has 0 amide bonds. The minimum atomic E-state index is -1.25. The average molecular weight is 175 g/mol. The zero-order chi connectivity index (χ0) is 9.40. The van der Waals surface area contributed by atoms with E-state index in [2.05, 4.69) is 16.7 Å². The van der Waals surface area contributed by atoms with Crippen LogP contribution >= 0.6 is 0 Å². The maximum Gasteiger partial charge on any atom is 0.505 e. The number of carboxylic acid groups (broad SMARTS) is 1. The smallest absolute Gasteiger partial charge is 0.450 e. The maximum absolute atomic E-state index is 9.15. The molecule has 1 saturated heterocycles. The number of rotatable bonds is 0. The summed E-state index contributed by atoms with van der Waals surface area (Å²) >= 11 is 0. The normalized spacial score (nSPS) is 17.5. The zero-order valence-corrected chi connectivity index (χ0v) is 7.75. The fourth-order valence-electron chi connectivity index (χ4n) is 1.05. The van der Waals surface area contributed by atoms with Gasteiger partial charge < -0.3 is 14.7 Å². The van der Waals surface area contributed by atoms with Crippen LogP contribution in [-0.2, 0) is 4.74 Å². The first-order valence-electron chi connectivity index (χ1n) is 4.12. The van der Waals surface area contributed by atoms with Gasteiger partial charge >= 0.3 is 6.16 Å². The third-order valence-corrected chi connectivity index (χ3v) is 1.75. The molecule has 0 aliphatic carbocycles. The SMILES string of the molecule is CN1CCCCC1.COC(=O)O. The Morgan fingerprint density at radius 1 is 1.33 bits per heavy atom. The molecule has 0 atom stereocenters. The summed E-state index contributed by atoms with van der Waals surface area (Å²) in [7, 11) is 3.29. The Labute approximate surface area is 73.1 Å². The van der Waals surface area contributed by atoms with E-state index in [1.54, 1.807) is 0 Å². The Kier molecular flexibility index (Phi) is 6.47. The molecule has 4 heteroatoms. The number of carbonyl (C=O) groups is 1. The van der Waals surface area contributed by atoms with Gasteiger partial charge in [-0.3, -0.25) is 0 Å². The van der Waals surface area contributed by atoms with Crippen molar-refractivity contribution in [2.45, 2.75) is 19.3 Å². The van der Waals surface area contributed by atoms with Crippen LogP contribution in [0.3, 0.4) is 0 Å². The van der Waals surface area contributed by atoms with E-state index in [1.807, 2.05) is 0 Å². The minimum Gasteiger partial charge on any atom is -0.450 e. The van der Waals surface area contributed by atoms with Crippen molar-refractivity contribution >= 4 is 6.16 Å². The van der Waals surface area contributed by atoms with Crippen LogP contribution in [0, 0.1) is 0 Å². The van der Waals surface area contributed by atoms with Crippen molar-refractivity contribution in [1.29, 1.82) is 0 Å². The molecule has 0 saturated carbocycles. The van der Waals surface area contributed by atoms with Gasteiger partial charge in [-0.25, -0.2) is 4.79 Å². The molecule has 12 heavy (non-hydrogen) atoms. The number of ether oxygens (including phenoxy) is 1. The highest BCUT2D eigenvalue weighted by molar-refractivity contribution is 5.56. The molecule has 1 aliphatic rings. The van der Waals surface area contributed by atoms with E-state index in [9.17, 15) is 0 Å². The van der Waals surface area contributed by atoms with Crippen molar-refractivity contribution in [3.63, 3.8) is 0 Å². The van der Waals surface area contributed by atoms with Crippen LogP contribution in [0.5, 0.6) is 0 Å². The van der Waals surface area contributed by atoms with Gasteiger partial charge in [-0.15, -0.1) is 0 Å². The second-order valence-corrected chi connectivity index (χ2v) is 2.83. The molecule has 0 aromatic rings. The summed E-state index contributed by atoms with van der Waals surface area (Å²) in [5, 5.41) is 7.50. The molecule has 72 valence electrons. The summed E-state index contributed by atoms with van der Waals surface area (Å²) in [6.07, 6.45) is 3.03. The molecular weight excluding hydrogens is 158 g/mol. The molecule has 1 N–H and O–H groups in total. The van der Waals surface area contributed by atoms with E-state index in [4.69, 9.17) is 9.90 Å². The number of methoxy groups -OCH3 is 1. The van der Waals surface area contributed by atoms with Gasteiger partial charge in [0.1, 0.15) is 0 Å². The van der Waals surface area contributed by atoms with Crippen molar-refractivity contribution < 1.29 is 14.6 Å². The third kappa shape index (κ3) is 7.34. The minimum absolute atomic E-state index is 1.10. The lowest BCUT2D eigenvalue weighted by Gasteiger charge is -2.20. The summed E-state index contributed by atoms with van der Waals surface area (Å²) in [5.74, 6) is 0. The third-order valence-electron chi connectivity index (χ3n) is 1.75. The van der Waals surface area contributed by atoms with Gasteiger partial charge in [-0.1, -0.05) is 6.42 Å². The highest BCUT2D eigenvalue weighted by atomic mass is 16.6. The molecule has 0 radical (unpaired) electrons. The van der Waals surface area contributed by atoms with E-state index >= 15 is 0 Å². The lowest BCUT2D eigenvalue weighted by atomic mass is 10.1. The summed E-state index contributed by atoms with van der Waals surface area (Å²) < 4.78 is 3.67. The summed E-state index contributed by atoms with van der Waals surface area (Å²) in [5.41, 5.74) is 0. The predicted octanol–water partition coefficient (Wildman–Crippen LogP) is 1.41. The van der Waals surface area contributed by atoms with Crippen LogP contribution in [0.15, 0.2) is 0 Å². The molecular formula is C8H17NO3. The molecule has 4 nitrogen and oxygen atoms in total. The first kappa shape index (κ1) is 11.2. The van der Waals surface area contributed by atoms with Crippen molar-refractivity contribution in [3.8, 4) is 0 Å². The number of piperidine rings is 1. The van der Waals surface area contributed by atoms with Gasteiger partial charge in [0, 0.05) is 0 Å². The summed E-state index contributed by atoms with van der Waals surface area (Å²) in [6, 6.07) is 0. The van der Waals surface area contributed by atoms with E-state index in [0.717, 1.165) is 7.11 Å². The Balaban J connectivity index is 0.000000217. The first-order chi connectivity index (χ1) is 5.66. The predicted molar refractivity (Wildman–Crippen MR) is 46.4 cm³/mol. The zero-order valence-electron chi connectivity index (χ0n) is 7.75. The topological polar surface area (TPSA) is 49.8 Å². The van der Waals surface area contributed by atoms with Crippen LogP contribution < -0.4 is 0 Å². The van der Waals surface area contributed by atoms with Gasteiger partial charge in [0.05, 0.1) is 7.11 Å². The lowest BCUT2D eigenvalue weighted by Crippen LogP contribution is -2.24. The Morgan fingerprint density at radius 3 is 1.92 bits per heavy atom. The molecule has 1 fully saturated rings. The number of hydrogen-bond acceptors (Lipinski definition) is 3. The average Bonchev–Trinajstić information content (AvgIpc) is 2.07. The van der Waals surface area contributed by atoms with Crippen molar-refractivity contribution in [2.24, 2.45) is 0 Å². The second kappa shape index (κ2) is 6.91. The Hall–Kier alpha value is -0.770. The molecule has 0 bridgehead atoms. The largest absolute Gasteiger partial charge is 0.505 e. The van der Waals surface area contributed by atoms with Crippen molar-refractivity contribution in [3.05, 3.63) is 0 Å². The van der Waals surface area contributed by atoms with E-state index in [-0.39, 0.29) is 0 Å². The number of nitrogens with zero attached hydrogens (tertiary/aromatic N) is 1. The fraction of sp³-hybridized carbons (Fsp3) is 0.875. The first-order valence-corrected chi connectivity index (χ1v) is 4.12. The molecule has 1 heterocycles. The summed E-state index contributed by atoms with van der Waals surface area (Å²) in [4.78, 5) is 11.5. The molecule has 1 aliphatic heterocycles. The van der Waals surface area contributed by atoms with Crippen molar-refractivity contribution in [1.82, 2.24) is 4.90 Å². The van der Waals surface area contributed by atoms with Gasteiger partial charge in [-0.05, 0) is 33.0 Å². The quantitative estimate of drug-likeness (QED) is 0.565. The molecule has 0 aromatic carbocycles. The van der Waals surface area contributed by atoms with Gasteiger partial charge in [0.25, 0.3) is 0 Å². The van der Waals surface area contributed by atoms with Crippen molar-refractivity contribution in [2.75, 3.05) is 27.2 Å². The van der Waals surface area contributed by atoms with E-state index in [1.165, 1.54) is 32.4 Å². The monoisotopic (exact) mass is 175 g/mol. The lowest BCUT2D eigenvalue weighted by molar-refractivity contribution is 0.114. The number of hydrogen-bond donors (Lipinski definition) is 1. The van der Waals surface area contributed by atoms with Gasteiger partial charge in [-0.2, -0.15) is 0 Å². The van der Waals surface area contributed by atoms with Crippen LogP contribution in [0.1, 0.15) is 19.3 Å². The molecule has 0 aromatic heterocycles. The van der Waals surface area contributed by atoms with Crippen LogP contribution in [0.4, 0.5) is 4.79 Å². The maximum atomic E-state index is 9.15. The van der Waals surface area contributed by atoms with Crippen LogP contribution in [0.2, 0.25) is 0 Å². The van der Waals surface area contributed by atoms with E-state index < -0.39 is 6.16 Å². The van der Waals surface area contributed by atoms with Crippen LogP contribution in [-0.4, -0.2) is 43.4 Å². The summed E-state index contributed by atoms with van der Waals surface area (Å²) in [6.45, 7) is 2.64. The second-order valence-electron chi connectivity index (χ2n) is 2.83. The Morgan fingerprint density at radius 2 is 1.75 bits per heavy atom. The highest BCUT2D eigenvalue weighted by Crippen LogP contribution is 2.04. The molecule has 0 unspecified atom stereocenters. The molecule has 1 rings (SSSR count). The standard InChI is InChI=1S/C6H13N.C2H4O3/c1-7-5-3-2-4-6-7;1-5-2(3)4/h2-6H2,1H3;1H3,(H,3,4). The number of likely N-dealkylation sites (tertiary alicyclic amines) is 1. The highest BCUT2D eigenvalue weighted by Gasteiger charge is 2.02. The van der Waals surface area contributed by atoms with Gasteiger partial charge in [0.2, 0.25) is 0 Å². The van der Waals surface area contributed by atoms with E-state index in [0.29, 0.717) is 0 Å². The van der Waals surface area contributed by atoms with Gasteiger partial charge in [0.15, 0.2) is 0 Å². The molecule has 0 spiro atoms.